The molecule has 2 heterocycles. The monoisotopic (exact) mass is 281 g/mol. The molecule has 5 nitrogen and oxygen atoms in total. The van der Waals surface area contributed by atoms with Crippen LogP contribution in [0, 0.1) is 6.92 Å². The Morgan fingerprint density at radius 1 is 1.29 bits per heavy atom. The number of hydrogen-bond donors (Lipinski definition) is 2. The van der Waals surface area contributed by atoms with Gasteiger partial charge in [0.05, 0.1) is 5.92 Å². The van der Waals surface area contributed by atoms with Crippen molar-refractivity contribution < 1.29 is 9.59 Å². The molecule has 2 N–H and O–H groups in total. The van der Waals surface area contributed by atoms with Gasteiger partial charge in [0.25, 0.3) is 0 Å². The van der Waals surface area contributed by atoms with Crippen LogP contribution >= 0.6 is 0 Å². The molecule has 0 bridgehead atoms. The zero-order valence-corrected chi connectivity index (χ0v) is 11.6. The fraction of sp³-hybridized carbons (Fsp3) is 0.188. The average Bonchev–Trinajstić information content (AvgIpc) is 2.48. The summed E-state index contributed by atoms with van der Waals surface area (Å²) in [5, 5.41) is 5.55. The van der Waals surface area contributed by atoms with Crippen molar-refractivity contribution in [1.29, 1.82) is 0 Å². The first-order valence-electron chi connectivity index (χ1n) is 6.76. The second-order valence-corrected chi connectivity index (χ2v) is 5.10. The van der Waals surface area contributed by atoms with Crippen LogP contribution in [-0.4, -0.2) is 16.8 Å². The number of carbonyl (C=O) groups is 2. The van der Waals surface area contributed by atoms with E-state index in [1.807, 2.05) is 31.2 Å². The highest BCUT2D eigenvalue weighted by molar-refractivity contribution is 6.04. The largest absolute Gasteiger partial charge is 0.326 e. The van der Waals surface area contributed by atoms with E-state index in [0.717, 1.165) is 11.1 Å². The first kappa shape index (κ1) is 13.3. The van der Waals surface area contributed by atoms with Crippen LogP contribution in [-0.2, 0) is 9.59 Å². The number of amides is 2. The summed E-state index contributed by atoms with van der Waals surface area (Å²) < 4.78 is 0. The summed E-state index contributed by atoms with van der Waals surface area (Å²) in [6.07, 6.45) is 1.84. The van der Waals surface area contributed by atoms with Gasteiger partial charge in [0.15, 0.2) is 0 Å². The molecule has 0 saturated heterocycles. The van der Waals surface area contributed by atoms with Gasteiger partial charge < -0.3 is 10.6 Å². The summed E-state index contributed by atoms with van der Waals surface area (Å²) in [6.45, 7) is 1.93. The first-order valence-corrected chi connectivity index (χ1v) is 6.76. The van der Waals surface area contributed by atoms with Crippen molar-refractivity contribution in [2.24, 2.45) is 0 Å². The minimum absolute atomic E-state index is 0.147. The van der Waals surface area contributed by atoms with E-state index in [4.69, 9.17) is 0 Å². The maximum Gasteiger partial charge on any atom is 0.233 e. The van der Waals surface area contributed by atoms with Gasteiger partial charge in [-0.15, -0.1) is 0 Å². The number of nitrogens with one attached hydrogen (secondary N) is 2. The maximum atomic E-state index is 12.4. The molecule has 0 radical (unpaired) electrons. The van der Waals surface area contributed by atoms with Gasteiger partial charge in [0.2, 0.25) is 11.8 Å². The molecule has 0 spiro atoms. The van der Waals surface area contributed by atoms with Crippen molar-refractivity contribution in [2.75, 3.05) is 10.6 Å². The van der Waals surface area contributed by atoms with E-state index in [2.05, 4.69) is 15.6 Å². The highest BCUT2D eigenvalue weighted by atomic mass is 16.2. The third-order valence-corrected chi connectivity index (χ3v) is 3.48. The number of fused-ring (bicyclic) bond motifs is 1. The van der Waals surface area contributed by atoms with E-state index < -0.39 is 5.92 Å². The van der Waals surface area contributed by atoms with Crippen molar-refractivity contribution in [2.45, 2.75) is 19.3 Å². The van der Waals surface area contributed by atoms with Crippen molar-refractivity contribution >= 4 is 23.3 Å². The molecular formula is C16H15N3O2. The summed E-state index contributed by atoms with van der Waals surface area (Å²) in [5.41, 5.74) is 2.56. The molecule has 0 saturated carbocycles. The zero-order chi connectivity index (χ0) is 14.8. The summed E-state index contributed by atoms with van der Waals surface area (Å²) in [7, 11) is 0. The van der Waals surface area contributed by atoms with Crippen LogP contribution in [0.15, 0.2) is 42.6 Å². The number of hydrogen-bond acceptors (Lipinski definition) is 3. The predicted molar refractivity (Wildman–Crippen MR) is 80.0 cm³/mol. The number of pyridine rings is 1. The van der Waals surface area contributed by atoms with Gasteiger partial charge in [-0.05, 0) is 30.2 Å². The lowest BCUT2D eigenvalue weighted by Gasteiger charge is -2.24. The van der Waals surface area contributed by atoms with E-state index in [0.29, 0.717) is 11.5 Å². The van der Waals surface area contributed by atoms with Crippen LogP contribution in [0.4, 0.5) is 11.5 Å². The normalized spacial score (nSPS) is 16.8. The van der Waals surface area contributed by atoms with Crippen LogP contribution in [0.2, 0.25) is 0 Å². The zero-order valence-electron chi connectivity index (χ0n) is 11.6. The molecule has 3 rings (SSSR count). The quantitative estimate of drug-likeness (QED) is 0.888. The Hall–Kier alpha value is -2.69. The second-order valence-electron chi connectivity index (χ2n) is 5.10. The minimum atomic E-state index is -0.488. The number of aromatic nitrogens is 1. The lowest BCUT2D eigenvalue weighted by atomic mass is 9.90. The molecule has 1 atom stereocenters. The summed E-state index contributed by atoms with van der Waals surface area (Å²) >= 11 is 0. The Bertz CT molecular complexity index is 695. The van der Waals surface area contributed by atoms with Crippen LogP contribution in [0.1, 0.15) is 23.5 Å². The number of nitrogens with zero attached hydrogens (tertiary/aromatic N) is 1. The predicted octanol–water partition coefficient (Wildman–Crippen LogP) is 2.45. The highest BCUT2D eigenvalue weighted by Crippen LogP contribution is 2.32. The molecule has 1 aromatic carbocycles. The van der Waals surface area contributed by atoms with Crippen LogP contribution in [0.5, 0.6) is 0 Å². The molecule has 21 heavy (non-hydrogen) atoms. The van der Waals surface area contributed by atoms with Crippen LogP contribution in [0.3, 0.4) is 0 Å². The van der Waals surface area contributed by atoms with Crippen molar-refractivity contribution in [3.05, 3.63) is 53.7 Å². The maximum absolute atomic E-state index is 12.4. The fourth-order valence-corrected chi connectivity index (χ4v) is 2.40. The van der Waals surface area contributed by atoms with Gasteiger partial charge in [-0.1, -0.05) is 24.3 Å². The molecule has 106 valence electrons. The van der Waals surface area contributed by atoms with Gasteiger partial charge in [-0.3, -0.25) is 9.59 Å². The average molecular weight is 281 g/mol. The number of rotatable bonds is 2. The fourth-order valence-electron chi connectivity index (χ4n) is 2.40. The molecule has 2 amide bonds. The standard InChI is InChI=1S/C16H15N3O2/c1-10-6-7-14(17-9-10)19-16(21)12-8-15(20)18-13-5-3-2-4-11(12)13/h2-7,9,12H,8H2,1H3,(H,18,20)(H,17,19,21). The van der Waals surface area contributed by atoms with Crippen molar-refractivity contribution in [1.82, 2.24) is 4.98 Å². The van der Waals surface area contributed by atoms with Crippen LogP contribution < -0.4 is 10.6 Å². The lowest BCUT2D eigenvalue weighted by molar-refractivity contribution is -0.123. The van der Waals surface area contributed by atoms with Gasteiger partial charge in [0, 0.05) is 18.3 Å². The lowest BCUT2D eigenvalue weighted by Crippen LogP contribution is -2.30. The number of aryl methyl sites for hydroxylation is 1. The molecule has 0 fully saturated rings. The van der Waals surface area contributed by atoms with Crippen molar-refractivity contribution in [3.63, 3.8) is 0 Å². The Labute approximate surface area is 122 Å². The molecule has 1 unspecified atom stereocenters. The summed E-state index contributed by atoms with van der Waals surface area (Å²) in [4.78, 5) is 28.3. The highest BCUT2D eigenvalue weighted by Gasteiger charge is 2.30. The van der Waals surface area contributed by atoms with Gasteiger partial charge in [-0.2, -0.15) is 0 Å². The van der Waals surface area contributed by atoms with E-state index >= 15 is 0 Å². The van der Waals surface area contributed by atoms with E-state index in [1.54, 1.807) is 18.3 Å². The Balaban J connectivity index is 1.84. The molecule has 0 aliphatic carbocycles. The van der Waals surface area contributed by atoms with Crippen molar-refractivity contribution in [3.8, 4) is 0 Å². The topological polar surface area (TPSA) is 71.1 Å². The molecule has 1 aromatic heterocycles. The third-order valence-electron chi connectivity index (χ3n) is 3.48. The van der Waals surface area contributed by atoms with Gasteiger partial charge >= 0.3 is 0 Å². The van der Waals surface area contributed by atoms with E-state index in [-0.39, 0.29) is 18.2 Å². The van der Waals surface area contributed by atoms with E-state index in [9.17, 15) is 9.59 Å². The van der Waals surface area contributed by atoms with Crippen LogP contribution in [0.25, 0.3) is 0 Å². The van der Waals surface area contributed by atoms with Gasteiger partial charge in [0.1, 0.15) is 5.82 Å². The minimum Gasteiger partial charge on any atom is -0.326 e. The number of carbonyl (C=O) groups excluding carboxylic acids is 2. The number of benzene rings is 1. The molecule has 1 aliphatic heterocycles. The molecule has 2 aromatic rings. The SMILES string of the molecule is Cc1ccc(NC(=O)C2CC(=O)Nc3ccccc32)nc1. The molecular weight excluding hydrogens is 266 g/mol. The Morgan fingerprint density at radius 3 is 2.86 bits per heavy atom. The summed E-state index contributed by atoms with van der Waals surface area (Å²) in [5.74, 6) is -0.355. The smallest absolute Gasteiger partial charge is 0.233 e. The summed E-state index contributed by atoms with van der Waals surface area (Å²) in [6, 6.07) is 11.0. The molecule has 1 aliphatic rings. The second kappa shape index (κ2) is 5.36. The first-order chi connectivity index (χ1) is 10.1. The number of para-hydroxylation sites is 1. The Kier molecular flexibility index (Phi) is 3.39. The number of anilines is 2. The van der Waals surface area contributed by atoms with Gasteiger partial charge in [-0.25, -0.2) is 4.98 Å². The Morgan fingerprint density at radius 2 is 2.10 bits per heavy atom. The van der Waals surface area contributed by atoms with E-state index in [1.165, 1.54) is 0 Å². The third kappa shape index (κ3) is 2.76. The molecule has 5 heteroatoms.